The maximum atomic E-state index is 9.83. The Bertz CT molecular complexity index is 179. The number of unbranched alkanes of at least 4 members (excludes halogenated alkanes) is 1. The molecule has 4 N–H and O–H groups in total. The SMILES string of the molecule is NCCN.O=[P+]([O-])OCCCCO[P+](=O)[O-].[Fe+3]. The quantitative estimate of drug-likeness (QED) is 0.318. The summed E-state index contributed by atoms with van der Waals surface area (Å²) in [5.74, 6) is 0. The van der Waals surface area contributed by atoms with Gasteiger partial charge in [0.05, 0.1) is 0 Å². The van der Waals surface area contributed by atoms with E-state index in [1.54, 1.807) is 0 Å². The van der Waals surface area contributed by atoms with Crippen LogP contribution in [0.1, 0.15) is 12.8 Å². The van der Waals surface area contributed by atoms with Crippen molar-refractivity contribution < 1.29 is 45.0 Å². The summed E-state index contributed by atoms with van der Waals surface area (Å²) >= 11 is 0. The normalized spacial score (nSPS) is 10.8. The van der Waals surface area contributed by atoms with Crippen LogP contribution in [0.25, 0.3) is 0 Å². The Kier molecular flexibility index (Phi) is 25.1. The molecule has 17 heavy (non-hydrogen) atoms. The van der Waals surface area contributed by atoms with Crippen molar-refractivity contribution in [3.05, 3.63) is 0 Å². The van der Waals surface area contributed by atoms with Crippen LogP contribution < -0.4 is 21.3 Å². The van der Waals surface area contributed by atoms with E-state index < -0.39 is 16.5 Å². The van der Waals surface area contributed by atoms with Crippen LogP contribution in [0.5, 0.6) is 0 Å². The Hall–Kier alpha value is 0.479. The topological polar surface area (TPSA) is 151 Å². The molecule has 0 aromatic heterocycles. The van der Waals surface area contributed by atoms with Gasteiger partial charge in [0.1, 0.15) is 13.2 Å². The molecule has 0 aromatic rings. The largest absolute Gasteiger partial charge is 3.00 e. The Morgan fingerprint density at radius 1 is 0.882 bits per heavy atom. The van der Waals surface area contributed by atoms with Gasteiger partial charge in [-0.25, -0.2) is 0 Å². The van der Waals surface area contributed by atoms with Crippen LogP contribution in [0.4, 0.5) is 0 Å². The maximum Gasteiger partial charge on any atom is 3.00 e. The summed E-state index contributed by atoms with van der Waals surface area (Å²) in [7, 11) is -5.59. The van der Waals surface area contributed by atoms with Crippen LogP contribution in [-0.4, -0.2) is 26.3 Å². The first-order valence-electron chi connectivity index (χ1n) is 4.49. The summed E-state index contributed by atoms with van der Waals surface area (Å²) in [5.41, 5.74) is 9.81. The molecular formula is C6H16FeN2O6P2+3. The van der Waals surface area contributed by atoms with Gasteiger partial charge in [0.15, 0.2) is 0 Å². The summed E-state index contributed by atoms with van der Waals surface area (Å²) in [4.78, 5) is 19.7. The molecule has 1 radical (unpaired) electrons. The van der Waals surface area contributed by atoms with Crippen molar-refractivity contribution >= 4 is 16.5 Å². The van der Waals surface area contributed by atoms with E-state index in [9.17, 15) is 18.9 Å². The third-order valence-electron chi connectivity index (χ3n) is 1.10. The number of hydrogen-bond donors (Lipinski definition) is 2. The van der Waals surface area contributed by atoms with Crippen molar-refractivity contribution in [2.75, 3.05) is 26.3 Å². The summed E-state index contributed by atoms with van der Waals surface area (Å²) < 4.78 is 28.0. The second-order valence-corrected chi connectivity index (χ2v) is 3.81. The molecule has 0 heterocycles. The fourth-order valence-electron chi connectivity index (χ4n) is 0.482. The standard InChI is InChI=1S/C4H8O6P2.C2H8N2.Fe/c5-11(6)9-3-1-2-4-10-12(7)8;3-1-2-4;/h1-4H2;1-4H2;/q;;+3. The first-order chi connectivity index (χ1) is 7.54. The molecule has 0 fully saturated rings. The van der Waals surface area contributed by atoms with Crippen molar-refractivity contribution in [3.8, 4) is 0 Å². The molecule has 0 spiro atoms. The molecular weight excluding hydrogens is 314 g/mol. The van der Waals surface area contributed by atoms with Gasteiger partial charge < -0.3 is 21.3 Å². The Morgan fingerprint density at radius 3 is 1.35 bits per heavy atom. The molecule has 8 nitrogen and oxygen atoms in total. The van der Waals surface area contributed by atoms with E-state index in [-0.39, 0.29) is 30.3 Å². The zero-order valence-electron chi connectivity index (χ0n) is 9.09. The fourth-order valence-corrected chi connectivity index (χ4v) is 1.04. The molecule has 0 amide bonds. The first-order valence-corrected chi connectivity index (χ1v) is 6.68. The monoisotopic (exact) mass is 330 g/mol. The average molecular weight is 330 g/mol. The predicted molar refractivity (Wildman–Crippen MR) is 54.5 cm³/mol. The zero-order valence-corrected chi connectivity index (χ0v) is 12.0. The minimum absolute atomic E-state index is 0. The van der Waals surface area contributed by atoms with E-state index in [1.165, 1.54) is 0 Å². The fraction of sp³-hybridized carbons (Fsp3) is 1.00. The Balaban J connectivity index is -0.000000340. The summed E-state index contributed by atoms with van der Waals surface area (Å²) in [6, 6.07) is 0. The van der Waals surface area contributed by atoms with Gasteiger partial charge in [-0.1, -0.05) is 0 Å². The van der Waals surface area contributed by atoms with Crippen LogP contribution in [0, 0.1) is 0 Å². The van der Waals surface area contributed by atoms with Gasteiger partial charge >= 0.3 is 33.6 Å². The van der Waals surface area contributed by atoms with Gasteiger partial charge in [0.2, 0.25) is 0 Å². The molecule has 2 atom stereocenters. The van der Waals surface area contributed by atoms with Gasteiger partial charge in [0.25, 0.3) is 0 Å². The van der Waals surface area contributed by atoms with Crippen molar-refractivity contribution in [3.63, 3.8) is 0 Å². The molecule has 0 aliphatic rings. The van der Waals surface area contributed by atoms with Crippen molar-refractivity contribution in [1.82, 2.24) is 0 Å². The molecule has 0 aromatic carbocycles. The van der Waals surface area contributed by atoms with E-state index >= 15 is 0 Å². The van der Waals surface area contributed by atoms with Crippen molar-refractivity contribution in [2.24, 2.45) is 11.5 Å². The minimum Gasteiger partial charge on any atom is -0.566 e. The molecule has 0 rings (SSSR count). The van der Waals surface area contributed by atoms with Crippen LogP contribution in [0.15, 0.2) is 0 Å². The van der Waals surface area contributed by atoms with Crippen LogP contribution in [0.2, 0.25) is 0 Å². The third kappa shape index (κ3) is 31.5. The third-order valence-corrected chi connectivity index (χ3v) is 1.89. The molecule has 0 aliphatic carbocycles. The molecule has 11 heteroatoms. The van der Waals surface area contributed by atoms with E-state index in [4.69, 9.17) is 11.5 Å². The van der Waals surface area contributed by atoms with E-state index in [0.717, 1.165) is 0 Å². The van der Waals surface area contributed by atoms with Crippen LogP contribution in [0.3, 0.4) is 0 Å². The molecule has 0 bridgehead atoms. The van der Waals surface area contributed by atoms with Crippen molar-refractivity contribution in [2.45, 2.75) is 12.8 Å². The summed E-state index contributed by atoms with van der Waals surface area (Å²) in [6.45, 7) is 1.33. The van der Waals surface area contributed by atoms with Gasteiger partial charge in [-0.05, 0) is 22.0 Å². The molecule has 0 saturated heterocycles. The minimum atomic E-state index is -2.79. The molecule has 0 aliphatic heterocycles. The van der Waals surface area contributed by atoms with Gasteiger partial charge in [-0.3, -0.25) is 0 Å². The number of rotatable bonds is 8. The van der Waals surface area contributed by atoms with E-state index in [0.29, 0.717) is 25.9 Å². The molecule has 2 unspecified atom stereocenters. The second kappa shape index (κ2) is 18.8. The van der Waals surface area contributed by atoms with Crippen molar-refractivity contribution in [1.29, 1.82) is 0 Å². The van der Waals surface area contributed by atoms with Gasteiger partial charge in [0, 0.05) is 13.1 Å². The molecule has 101 valence electrons. The Morgan fingerprint density at radius 2 is 1.18 bits per heavy atom. The van der Waals surface area contributed by atoms with Gasteiger partial charge in [-0.15, -0.1) is 9.05 Å². The van der Waals surface area contributed by atoms with Crippen LogP contribution >= 0.6 is 16.5 Å². The second-order valence-electron chi connectivity index (χ2n) is 2.40. The number of hydrogen-bond acceptors (Lipinski definition) is 8. The maximum absolute atomic E-state index is 9.83. The van der Waals surface area contributed by atoms with E-state index in [1.807, 2.05) is 0 Å². The molecule has 0 saturated carbocycles. The first kappa shape index (κ1) is 22.6. The number of nitrogens with two attached hydrogens (primary N) is 2. The average Bonchev–Trinajstić information content (AvgIpc) is 2.23. The van der Waals surface area contributed by atoms with Gasteiger partial charge in [-0.2, -0.15) is 0 Å². The van der Waals surface area contributed by atoms with Crippen LogP contribution in [-0.2, 0) is 35.2 Å². The predicted octanol–water partition coefficient (Wildman–Crippen LogP) is -1.26. The smallest absolute Gasteiger partial charge is 0.566 e. The summed E-state index contributed by atoms with van der Waals surface area (Å²) in [6.07, 6.45) is 0.902. The Labute approximate surface area is 112 Å². The zero-order chi connectivity index (χ0) is 12.8. The van der Waals surface area contributed by atoms with E-state index in [2.05, 4.69) is 9.05 Å². The summed E-state index contributed by atoms with van der Waals surface area (Å²) in [5, 5.41) is 0.